The summed E-state index contributed by atoms with van der Waals surface area (Å²) in [6.45, 7) is 0. The summed E-state index contributed by atoms with van der Waals surface area (Å²) < 4.78 is 2.32. The summed E-state index contributed by atoms with van der Waals surface area (Å²) in [5.74, 6) is 0. The van der Waals surface area contributed by atoms with Gasteiger partial charge in [-0.1, -0.05) is 133 Å². The normalized spacial score (nSPS) is 13.5. The number of aryl methyl sites for hydroxylation is 1. The molecule has 0 aliphatic carbocycles. The third-order valence-corrected chi connectivity index (χ3v) is 13.6. The number of rotatable bonds is 3. The Hall–Kier alpha value is -4.66. The fraction of sp³-hybridized carbons (Fsp3) is 0.0270. The van der Waals surface area contributed by atoms with Gasteiger partial charge in [-0.2, -0.15) is 0 Å². The van der Waals surface area contributed by atoms with Crippen LogP contribution in [0.1, 0.15) is 0 Å². The van der Waals surface area contributed by atoms with Crippen LogP contribution in [0, 0.1) is 0 Å². The van der Waals surface area contributed by atoms with Gasteiger partial charge in [0.05, 0.1) is 0 Å². The average Bonchev–Trinajstić information content (AvgIpc) is 3.47. The maximum atomic E-state index is 2.51. The van der Waals surface area contributed by atoms with Crippen LogP contribution in [0.3, 0.4) is 0 Å². The van der Waals surface area contributed by atoms with E-state index in [-0.39, 0.29) is 0 Å². The standard InChI is InChI=1S/C37H27NSi/c1-38-34-18-10-8-16-30(34)31-22-20-26(24-35(31)38)27-21-23-33-32-17-9-11-19-36(32)39(37(33)25-27,28-12-4-2-5-13-28)29-14-6-3-7-15-29/h2-25H,1H3. The third-order valence-electron chi connectivity index (χ3n) is 8.71. The molecule has 184 valence electrons. The highest BCUT2D eigenvalue weighted by atomic mass is 28.3. The molecule has 8 rings (SSSR count). The Morgan fingerprint density at radius 3 is 1.77 bits per heavy atom. The van der Waals surface area contributed by atoms with Gasteiger partial charge in [0.2, 0.25) is 0 Å². The lowest BCUT2D eigenvalue weighted by atomic mass is 9.99. The van der Waals surface area contributed by atoms with Crippen molar-refractivity contribution in [1.29, 1.82) is 0 Å². The van der Waals surface area contributed by atoms with E-state index < -0.39 is 8.07 Å². The molecule has 0 spiro atoms. The quantitative estimate of drug-likeness (QED) is 0.242. The number of benzene rings is 6. The van der Waals surface area contributed by atoms with E-state index >= 15 is 0 Å². The molecule has 1 nitrogen and oxygen atoms in total. The van der Waals surface area contributed by atoms with Gasteiger partial charge in [0.25, 0.3) is 0 Å². The number of aromatic nitrogens is 1. The minimum atomic E-state index is -2.49. The maximum Gasteiger partial charge on any atom is 0.180 e. The molecule has 0 saturated heterocycles. The number of hydrogen-bond donors (Lipinski definition) is 0. The predicted molar refractivity (Wildman–Crippen MR) is 168 cm³/mol. The molecule has 1 aliphatic heterocycles. The van der Waals surface area contributed by atoms with Crippen LogP contribution in [0.25, 0.3) is 44.1 Å². The van der Waals surface area contributed by atoms with Crippen LogP contribution >= 0.6 is 0 Å². The Labute approximate surface area is 229 Å². The monoisotopic (exact) mass is 513 g/mol. The predicted octanol–water partition coefficient (Wildman–Crippen LogP) is 6.36. The Morgan fingerprint density at radius 2 is 1.00 bits per heavy atom. The molecule has 0 N–H and O–H groups in total. The fourth-order valence-corrected chi connectivity index (χ4v) is 12.2. The first-order valence-electron chi connectivity index (χ1n) is 13.6. The molecule has 0 unspecified atom stereocenters. The summed E-state index contributed by atoms with van der Waals surface area (Å²) in [5, 5.41) is 8.45. The Bertz CT molecular complexity index is 1980. The van der Waals surface area contributed by atoms with E-state index in [1.54, 1.807) is 0 Å². The minimum Gasteiger partial charge on any atom is -0.344 e. The van der Waals surface area contributed by atoms with Gasteiger partial charge >= 0.3 is 0 Å². The number of nitrogens with zero attached hydrogens (tertiary/aromatic N) is 1. The van der Waals surface area contributed by atoms with E-state index in [9.17, 15) is 0 Å². The van der Waals surface area contributed by atoms with Gasteiger partial charge in [-0.3, -0.25) is 0 Å². The lowest BCUT2D eigenvalue weighted by Gasteiger charge is -2.31. The van der Waals surface area contributed by atoms with E-state index in [0.29, 0.717) is 0 Å². The third kappa shape index (κ3) is 3.07. The molecule has 1 aromatic heterocycles. The lowest BCUT2D eigenvalue weighted by Crippen LogP contribution is -2.72. The Kier molecular flexibility index (Phi) is 4.82. The molecular weight excluding hydrogens is 487 g/mol. The number of hydrogen-bond acceptors (Lipinski definition) is 0. The van der Waals surface area contributed by atoms with Crippen LogP contribution in [-0.4, -0.2) is 12.6 Å². The summed E-state index contributed by atoms with van der Waals surface area (Å²) in [7, 11) is -0.309. The van der Waals surface area contributed by atoms with E-state index in [4.69, 9.17) is 0 Å². The molecule has 0 atom stereocenters. The maximum absolute atomic E-state index is 2.51. The first-order valence-corrected chi connectivity index (χ1v) is 15.6. The van der Waals surface area contributed by atoms with E-state index in [1.807, 2.05) is 0 Å². The molecule has 2 heteroatoms. The molecule has 39 heavy (non-hydrogen) atoms. The van der Waals surface area contributed by atoms with Crippen molar-refractivity contribution in [2.75, 3.05) is 0 Å². The molecule has 0 fully saturated rings. The van der Waals surface area contributed by atoms with Crippen molar-refractivity contribution in [3.05, 3.63) is 146 Å². The van der Waals surface area contributed by atoms with Gasteiger partial charge in [0.1, 0.15) is 0 Å². The topological polar surface area (TPSA) is 4.93 Å². The van der Waals surface area contributed by atoms with E-state index in [1.165, 1.54) is 64.8 Å². The molecule has 7 aromatic rings. The van der Waals surface area contributed by atoms with Gasteiger partial charge in [0, 0.05) is 28.9 Å². The van der Waals surface area contributed by atoms with Crippen molar-refractivity contribution >= 4 is 50.6 Å². The van der Waals surface area contributed by atoms with Crippen molar-refractivity contribution in [3.63, 3.8) is 0 Å². The summed E-state index contributed by atoms with van der Waals surface area (Å²) in [6.07, 6.45) is 0. The van der Waals surface area contributed by atoms with Gasteiger partial charge in [-0.05, 0) is 55.1 Å². The van der Waals surface area contributed by atoms with Gasteiger partial charge in [-0.25, -0.2) is 0 Å². The molecule has 1 aliphatic rings. The highest BCUT2D eigenvalue weighted by molar-refractivity contribution is 7.22. The summed E-state index contributed by atoms with van der Waals surface area (Å²) in [6, 6.07) is 54.4. The van der Waals surface area contributed by atoms with Crippen molar-refractivity contribution in [1.82, 2.24) is 4.57 Å². The second kappa shape index (κ2) is 8.42. The molecule has 6 aromatic carbocycles. The van der Waals surface area contributed by atoms with E-state index in [2.05, 4.69) is 157 Å². The molecule has 2 heterocycles. The SMILES string of the molecule is Cn1c2ccccc2c2ccc(-c3ccc4c(c3)[Si](c3ccccc3)(c3ccccc3)c3ccccc3-4)cc21. The second-order valence-electron chi connectivity index (χ2n) is 10.6. The van der Waals surface area contributed by atoms with Gasteiger partial charge < -0.3 is 4.57 Å². The highest BCUT2D eigenvalue weighted by Gasteiger charge is 2.48. The zero-order valence-electron chi connectivity index (χ0n) is 21.8. The van der Waals surface area contributed by atoms with Crippen LogP contribution < -0.4 is 20.7 Å². The van der Waals surface area contributed by atoms with Gasteiger partial charge in [0.15, 0.2) is 8.07 Å². The largest absolute Gasteiger partial charge is 0.344 e. The fourth-order valence-electron chi connectivity index (χ4n) is 6.96. The van der Waals surface area contributed by atoms with Crippen molar-refractivity contribution in [2.45, 2.75) is 0 Å². The first-order chi connectivity index (χ1) is 19.3. The minimum absolute atomic E-state index is 1.26. The number of para-hydroxylation sites is 1. The summed E-state index contributed by atoms with van der Waals surface area (Å²) >= 11 is 0. The molecule has 0 radical (unpaired) electrons. The van der Waals surface area contributed by atoms with Crippen molar-refractivity contribution in [3.8, 4) is 22.3 Å². The zero-order valence-corrected chi connectivity index (χ0v) is 22.8. The summed E-state index contributed by atoms with van der Waals surface area (Å²) in [4.78, 5) is 0. The van der Waals surface area contributed by atoms with Crippen LogP contribution in [0.15, 0.2) is 146 Å². The molecular formula is C37H27NSi. The Balaban J connectivity index is 1.42. The second-order valence-corrected chi connectivity index (χ2v) is 14.3. The molecule has 0 amide bonds. The van der Waals surface area contributed by atoms with Crippen LogP contribution in [0.5, 0.6) is 0 Å². The van der Waals surface area contributed by atoms with Crippen LogP contribution in [0.2, 0.25) is 0 Å². The van der Waals surface area contributed by atoms with Crippen molar-refractivity contribution in [2.24, 2.45) is 7.05 Å². The summed E-state index contributed by atoms with van der Waals surface area (Å²) in [5.41, 5.74) is 7.83. The lowest BCUT2D eigenvalue weighted by molar-refractivity contribution is 1.01. The van der Waals surface area contributed by atoms with Crippen LogP contribution in [-0.2, 0) is 7.05 Å². The molecule has 0 saturated carbocycles. The average molecular weight is 514 g/mol. The first kappa shape index (κ1) is 22.3. The zero-order chi connectivity index (χ0) is 26.0. The highest BCUT2D eigenvalue weighted by Crippen LogP contribution is 2.34. The van der Waals surface area contributed by atoms with Crippen molar-refractivity contribution < 1.29 is 0 Å². The Morgan fingerprint density at radius 1 is 0.436 bits per heavy atom. The molecule has 0 bridgehead atoms. The number of fused-ring (bicyclic) bond motifs is 6. The smallest absolute Gasteiger partial charge is 0.180 e. The van der Waals surface area contributed by atoms with Gasteiger partial charge in [-0.15, -0.1) is 0 Å². The van der Waals surface area contributed by atoms with E-state index in [0.717, 1.165) is 0 Å². The van der Waals surface area contributed by atoms with Crippen LogP contribution in [0.4, 0.5) is 0 Å².